The molecule has 0 unspecified atom stereocenters. The Bertz CT molecular complexity index is 1020. The second-order valence-electron chi connectivity index (χ2n) is 11.8. The molecule has 4 heteroatoms. The van der Waals surface area contributed by atoms with Crippen molar-refractivity contribution in [2.75, 3.05) is 0 Å². The van der Waals surface area contributed by atoms with Crippen molar-refractivity contribution in [2.45, 2.75) is 111 Å². The van der Waals surface area contributed by atoms with E-state index < -0.39 is 6.11 Å². The minimum atomic E-state index is -3.24. The van der Waals surface area contributed by atoms with Gasteiger partial charge in [-0.1, -0.05) is 40.9 Å². The molecule has 0 aromatic heterocycles. The van der Waals surface area contributed by atoms with Gasteiger partial charge in [0, 0.05) is 4.47 Å². The third kappa shape index (κ3) is 6.59. The fourth-order valence-electron chi connectivity index (χ4n) is 6.58. The Labute approximate surface area is 225 Å². The molecule has 0 bridgehead atoms. The quantitative estimate of drug-likeness (QED) is 0.327. The summed E-state index contributed by atoms with van der Waals surface area (Å²) < 4.78 is 36.3. The standard InChI is InChI=1S/C32H43BrF2O/c1-20-16-28(17-21(2)22(20)3)19-26-8-6-25(7-9-26)18-27-10-12-29(13-11-27)36-32(34,35)30-14-15-31(33)24(5)23(30)4/h14-17,25-27,29H,6-13,18-19H2,1-5H3. The van der Waals surface area contributed by atoms with Crippen LogP contribution in [0.2, 0.25) is 0 Å². The van der Waals surface area contributed by atoms with Crippen LogP contribution in [-0.2, 0) is 17.3 Å². The summed E-state index contributed by atoms with van der Waals surface area (Å²) in [4.78, 5) is 0. The molecule has 0 amide bonds. The Kier molecular flexibility index (Phi) is 8.98. The van der Waals surface area contributed by atoms with Crippen molar-refractivity contribution in [1.82, 2.24) is 0 Å². The van der Waals surface area contributed by atoms with E-state index in [9.17, 15) is 0 Å². The maximum Gasteiger partial charge on any atom is 0.383 e. The van der Waals surface area contributed by atoms with Crippen LogP contribution in [-0.4, -0.2) is 6.10 Å². The Morgan fingerprint density at radius 2 is 1.28 bits per heavy atom. The fraction of sp³-hybridized carbons (Fsp3) is 0.625. The molecule has 2 fully saturated rings. The first kappa shape index (κ1) is 27.8. The predicted octanol–water partition coefficient (Wildman–Crippen LogP) is 10.1. The Balaban J connectivity index is 1.21. The van der Waals surface area contributed by atoms with E-state index in [1.807, 2.05) is 6.92 Å². The zero-order valence-electron chi connectivity index (χ0n) is 22.7. The lowest BCUT2D eigenvalue weighted by molar-refractivity contribution is -0.278. The van der Waals surface area contributed by atoms with Crippen LogP contribution in [0.3, 0.4) is 0 Å². The van der Waals surface area contributed by atoms with E-state index in [0.29, 0.717) is 11.5 Å². The number of halogens is 3. The summed E-state index contributed by atoms with van der Waals surface area (Å²) >= 11 is 3.43. The van der Waals surface area contributed by atoms with Gasteiger partial charge in [0.2, 0.25) is 0 Å². The second-order valence-corrected chi connectivity index (χ2v) is 12.7. The Morgan fingerprint density at radius 1 is 0.750 bits per heavy atom. The predicted molar refractivity (Wildman–Crippen MR) is 149 cm³/mol. The maximum absolute atomic E-state index is 15.0. The smallest absolute Gasteiger partial charge is 0.313 e. The lowest BCUT2D eigenvalue weighted by Crippen LogP contribution is -2.31. The van der Waals surface area contributed by atoms with E-state index in [1.54, 1.807) is 13.0 Å². The molecule has 0 saturated heterocycles. The van der Waals surface area contributed by atoms with Crippen LogP contribution in [0.5, 0.6) is 0 Å². The minimum absolute atomic E-state index is 0.00181. The molecule has 2 aromatic rings. The number of ether oxygens (including phenoxy) is 1. The molecule has 198 valence electrons. The van der Waals surface area contributed by atoms with Crippen LogP contribution in [0.4, 0.5) is 8.78 Å². The van der Waals surface area contributed by atoms with E-state index in [-0.39, 0.29) is 11.7 Å². The molecule has 2 aliphatic rings. The lowest BCUT2D eigenvalue weighted by Gasteiger charge is -2.35. The van der Waals surface area contributed by atoms with Crippen LogP contribution in [0.1, 0.15) is 96.7 Å². The van der Waals surface area contributed by atoms with Gasteiger partial charge in [0.25, 0.3) is 0 Å². The average Bonchev–Trinajstić information content (AvgIpc) is 2.83. The van der Waals surface area contributed by atoms with Gasteiger partial charge >= 0.3 is 6.11 Å². The molecule has 0 aliphatic heterocycles. The van der Waals surface area contributed by atoms with Crippen molar-refractivity contribution >= 4 is 15.9 Å². The molecule has 0 radical (unpaired) electrons. The molecule has 2 aromatic carbocycles. The van der Waals surface area contributed by atoms with Crippen molar-refractivity contribution in [1.29, 1.82) is 0 Å². The van der Waals surface area contributed by atoms with Gasteiger partial charge in [0.15, 0.2) is 0 Å². The van der Waals surface area contributed by atoms with Crippen LogP contribution in [0.15, 0.2) is 28.7 Å². The minimum Gasteiger partial charge on any atom is -0.313 e. The topological polar surface area (TPSA) is 9.23 Å². The van der Waals surface area contributed by atoms with Gasteiger partial charge in [0.05, 0.1) is 11.7 Å². The molecule has 1 nitrogen and oxygen atoms in total. The Morgan fingerprint density at radius 3 is 1.86 bits per heavy atom. The molecular formula is C32H43BrF2O. The third-order valence-electron chi connectivity index (χ3n) is 9.29. The van der Waals surface area contributed by atoms with Gasteiger partial charge in [-0.2, -0.15) is 8.78 Å². The van der Waals surface area contributed by atoms with E-state index in [4.69, 9.17) is 4.74 Å². The monoisotopic (exact) mass is 560 g/mol. The first-order valence-corrected chi connectivity index (χ1v) is 14.7. The normalized spacial score (nSPS) is 25.2. The summed E-state index contributed by atoms with van der Waals surface area (Å²) in [7, 11) is 0. The number of rotatable bonds is 7. The van der Waals surface area contributed by atoms with Crippen molar-refractivity contribution in [3.8, 4) is 0 Å². The van der Waals surface area contributed by atoms with Gasteiger partial charge in [-0.25, -0.2) is 0 Å². The van der Waals surface area contributed by atoms with Crippen molar-refractivity contribution < 1.29 is 13.5 Å². The van der Waals surface area contributed by atoms with Gasteiger partial charge < -0.3 is 4.74 Å². The zero-order chi connectivity index (χ0) is 26.0. The lowest BCUT2D eigenvalue weighted by atomic mass is 9.73. The van der Waals surface area contributed by atoms with Gasteiger partial charge in [0.1, 0.15) is 0 Å². The molecule has 0 atom stereocenters. The highest BCUT2D eigenvalue weighted by Crippen LogP contribution is 2.42. The number of alkyl halides is 2. The molecular weight excluding hydrogens is 518 g/mol. The zero-order valence-corrected chi connectivity index (χ0v) is 24.3. The summed E-state index contributed by atoms with van der Waals surface area (Å²) in [5, 5.41) is 0. The van der Waals surface area contributed by atoms with E-state index in [2.05, 4.69) is 48.8 Å². The average molecular weight is 562 g/mol. The van der Waals surface area contributed by atoms with Crippen LogP contribution < -0.4 is 0 Å². The molecule has 0 spiro atoms. The van der Waals surface area contributed by atoms with Crippen LogP contribution >= 0.6 is 15.9 Å². The van der Waals surface area contributed by atoms with Crippen LogP contribution in [0.25, 0.3) is 0 Å². The number of benzene rings is 2. The SMILES string of the molecule is Cc1cc(CC2CCC(CC3CCC(OC(F)(F)c4ccc(Br)c(C)c4C)CC3)CC2)cc(C)c1C. The highest BCUT2D eigenvalue weighted by Gasteiger charge is 2.39. The van der Waals surface area contributed by atoms with Crippen LogP contribution in [0, 0.1) is 52.4 Å². The largest absolute Gasteiger partial charge is 0.383 e. The summed E-state index contributed by atoms with van der Waals surface area (Å²) in [6.07, 6.45) is 7.72. The van der Waals surface area contributed by atoms with E-state index >= 15 is 8.78 Å². The van der Waals surface area contributed by atoms with E-state index in [1.165, 1.54) is 66.8 Å². The van der Waals surface area contributed by atoms with Crippen molar-refractivity contribution in [3.05, 3.63) is 67.7 Å². The first-order valence-electron chi connectivity index (χ1n) is 13.9. The summed E-state index contributed by atoms with van der Waals surface area (Å²) in [6.45, 7) is 10.3. The summed E-state index contributed by atoms with van der Waals surface area (Å²) in [5.41, 5.74) is 7.20. The molecule has 0 heterocycles. The molecule has 2 saturated carbocycles. The van der Waals surface area contributed by atoms with Gasteiger partial charge in [-0.05, 0) is 149 Å². The van der Waals surface area contributed by atoms with E-state index in [0.717, 1.165) is 47.6 Å². The molecule has 0 N–H and O–H groups in total. The highest BCUT2D eigenvalue weighted by atomic mass is 79.9. The molecule has 2 aliphatic carbocycles. The van der Waals surface area contributed by atoms with Gasteiger partial charge in [-0.15, -0.1) is 0 Å². The number of aryl methyl sites for hydroxylation is 2. The second kappa shape index (κ2) is 11.6. The van der Waals surface area contributed by atoms with Crippen molar-refractivity contribution in [2.24, 2.45) is 17.8 Å². The third-order valence-corrected chi connectivity index (χ3v) is 10.1. The first-order chi connectivity index (χ1) is 17.0. The summed E-state index contributed by atoms with van der Waals surface area (Å²) in [5.74, 6) is 2.28. The maximum atomic E-state index is 15.0. The number of hydrogen-bond acceptors (Lipinski definition) is 1. The molecule has 4 rings (SSSR count). The molecule has 36 heavy (non-hydrogen) atoms. The highest BCUT2D eigenvalue weighted by molar-refractivity contribution is 9.10. The number of hydrogen-bond donors (Lipinski definition) is 0. The summed E-state index contributed by atoms with van der Waals surface area (Å²) in [6, 6.07) is 7.97. The fourth-order valence-corrected chi connectivity index (χ4v) is 7.01. The van der Waals surface area contributed by atoms with Gasteiger partial charge in [-0.3, -0.25) is 0 Å². The Hall–Kier alpha value is -1.26. The van der Waals surface area contributed by atoms with Crippen molar-refractivity contribution in [3.63, 3.8) is 0 Å².